The Bertz CT molecular complexity index is 335. The van der Waals surface area contributed by atoms with Gasteiger partial charge in [-0.15, -0.1) is 0 Å². The monoisotopic (exact) mass is 223 g/mol. The van der Waals surface area contributed by atoms with Crippen molar-refractivity contribution in [3.05, 3.63) is 35.4 Å². The molecule has 0 aromatic heterocycles. The third-order valence-electron chi connectivity index (χ3n) is 2.08. The molecule has 0 radical (unpaired) electrons. The van der Waals surface area contributed by atoms with Gasteiger partial charge in [0.25, 0.3) is 0 Å². The third kappa shape index (κ3) is 3.70. The Morgan fingerprint density at radius 2 is 1.50 bits per heavy atom. The minimum absolute atomic E-state index is 0.120. The lowest BCUT2D eigenvalue weighted by atomic mass is 10.1. The summed E-state index contributed by atoms with van der Waals surface area (Å²) in [6.07, 6.45) is 0.340. The van der Waals surface area contributed by atoms with Crippen LogP contribution in [-0.2, 0) is 32.0 Å². The molecule has 0 amide bonds. The van der Waals surface area contributed by atoms with Gasteiger partial charge < -0.3 is 9.57 Å². The topological polar surface area (TPSA) is 78.6 Å². The molecule has 0 atom stereocenters. The number of hydrogen-bond acceptors (Lipinski definition) is 5. The zero-order valence-electron chi connectivity index (χ0n) is 8.93. The molecule has 0 aliphatic heterocycles. The van der Waals surface area contributed by atoms with Crippen molar-refractivity contribution in [3.8, 4) is 0 Å². The largest absolute Gasteiger partial charge is 0.469 e. The summed E-state index contributed by atoms with van der Waals surface area (Å²) in [5, 5.41) is 0. The van der Waals surface area contributed by atoms with Crippen LogP contribution in [0.3, 0.4) is 0 Å². The van der Waals surface area contributed by atoms with E-state index in [1.54, 1.807) is 24.3 Å². The van der Waals surface area contributed by atoms with Gasteiger partial charge in [-0.1, -0.05) is 24.3 Å². The van der Waals surface area contributed by atoms with E-state index in [1.807, 2.05) is 0 Å². The summed E-state index contributed by atoms with van der Waals surface area (Å²) in [6, 6.07) is 7.01. The summed E-state index contributed by atoms with van der Waals surface area (Å²) in [4.78, 5) is 25.9. The highest BCUT2D eigenvalue weighted by Gasteiger charge is 2.05. The molecular formula is C11H13NO4. The van der Waals surface area contributed by atoms with E-state index in [4.69, 9.17) is 5.90 Å². The summed E-state index contributed by atoms with van der Waals surface area (Å²) in [7, 11) is 1.34. The number of carbonyl (C=O) groups is 2. The molecule has 0 aliphatic carbocycles. The van der Waals surface area contributed by atoms with Crippen LogP contribution in [0.25, 0.3) is 0 Å². The van der Waals surface area contributed by atoms with Gasteiger partial charge in [-0.3, -0.25) is 9.59 Å². The zero-order valence-corrected chi connectivity index (χ0v) is 8.93. The van der Waals surface area contributed by atoms with Crippen LogP contribution in [0.5, 0.6) is 0 Å². The maximum Gasteiger partial charge on any atom is 0.328 e. The van der Waals surface area contributed by atoms with Crippen molar-refractivity contribution in [1.82, 2.24) is 0 Å². The lowest BCUT2D eigenvalue weighted by Gasteiger charge is -2.02. The first-order valence-electron chi connectivity index (χ1n) is 4.70. The van der Waals surface area contributed by atoms with E-state index in [0.717, 1.165) is 11.1 Å². The second kappa shape index (κ2) is 5.87. The first-order chi connectivity index (χ1) is 7.65. The highest BCUT2D eigenvalue weighted by molar-refractivity contribution is 5.73. The van der Waals surface area contributed by atoms with Gasteiger partial charge in [0.15, 0.2) is 0 Å². The van der Waals surface area contributed by atoms with Crippen molar-refractivity contribution in [2.24, 2.45) is 5.90 Å². The second-order valence-corrected chi connectivity index (χ2v) is 3.24. The average molecular weight is 223 g/mol. The van der Waals surface area contributed by atoms with Gasteiger partial charge in [0.1, 0.15) is 0 Å². The molecule has 2 N–H and O–H groups in total. The van der Waals surface area contributed by atoms with Crippen molar-refractivity contribution < 1.29 is 19.2 Å². The van der Waals surface area contributed by atoms with Crippen LogP contribution in [0.4, 0.5) is 0 Å². The van der Waals surface area contributed by atoms with Crippen molar-refractivity contribution in [2.75, 3.05) is 7.11 Å². The van der Waals surface area contributed by atoms with Crippen LogP contribution >= 0.6 is 0 Å². The minimum Gasteiger partial charge on any atom is -0.469 e. The molecule has 0 fully saturated rings. The fourth-order valence-corrected chi connectivity index (χ4v) is 1.22. The van der Waals surface area contributed by atoms with Crippen molar-refractivity contribution in [1.29, 1.82) is 0 Å². The van der Waals surface area contributed by atoms with Gasteiger partial charge >= 0.3 is 11.9 Å². The minimum atomic E-state index is -0.499. The number of hydrogen-bond donors (Lipinski definition) is 1. The van der Waals surface area contributed by atoms with Crippen LogP contribution in [-0.4, -0.2) is 19.0 Å². The summed E-state index contributed by atoms with van der Waals surface area (Å²) in [6.45, 7) is 0. The first-order valence-corrected chi connectivity index (χ1v) is 4.70. The quantitative estimate of drug-likeness (QED) is 0.589. The molecule has 0 unspecified atom stereocenters. The number of benzene rings is 1. The summed E-state index contributed by atoms with van der Waals surface area (Å²) >= 11 is 0. The van der Waals surface area contributed by atoms with E-state index < -0.39 is 5.97 Å². The predicted molar refractivity (Wildman–Crippen MR) is 56.1 cm³/mol. The Kier molecular flexibility index (Phi) is 4.47. The Morgan fingerprint density at radius 1 is 1.06 bits per heavy atom. The first kappa shape index (κ1) is 12.2. The smallest absolute Gasteiger partial charge is 0.328 e. The average Bonchev–Trinajstić information content (AvgIpc) is 2.31. The number of nitrogens with two attached hydrogens (primary N) is 1. The molecule has 1 aromatic rings. The van der Waals surface area contributed by atoms with Gasteiger partial charge in [-0.25, -0.2) is 0 Å². The molecule has 0 bridgehead atoms. The molecule has 0 aliphatic rings. The lowest BCUT2D eigenvalue weighted by molar-refractivity contribution is -0.143. The van der Waals surface area contributed by atoms with Crippen LogP contribution in [0, 0.1) is 0 Å². The second-order valence-electron chi connectivity index (χ2n) is 3.24. The standard InChI is InChI=1S/C11H13NO4/c1-15-10(13)6-8-2-4-9(5-3-8)7-11(14)16-12/h2-5H,6-7,12H2,1H3. The molecule has 1 rings (SSSR count). The van der Waals surface area contributed by atoms with Crippen LogP contribution in [0.15, 0.2) is 24.3 Å². The maximum atomic E-state index is 11.0. The van der Waals surface area contributed by atoms with Gasteiger partial charge in [0.2, 0.25) is 0 Å². The maximum absolute atomic E-state index is 11.0. The van der Waals surface area contributed by atoms with E-state index in [1.165, 1.54) is 7.11 Å². The van der Waals surface area contributed by atoms with Crippen LogP contribution in [0.2, 0.25) is 0 Å². The number of rotatable bonds is 4. The Labute approximate surface area is 93.1 Å². The number of ether oxygens (including phenoxy) is 1. The van der Waals surface area contributed by atoms with Gasteiger partial charge in [0, 0.05) is 0 Å². The van der Waals surface area contributed by atoms with E-state index in [2.05, 4.69) is 9.57 Å². The summed E-state index contributed by atoms with van der Waals surface area (Å²) in [5.41, 5.74) is 1.61. The summed E-state index contributed by atoms with van der Waals surface area (Å²) < 4.78 is 4.54. The number of esters is 1. The highest BCUT2D eigenvalue weighted by Crippen LogP contribution is 2.06. The number of carbonyl (C=O) groups excluding carboxylic acids is 2. The Balaban J connectivity index is 2.60. The van der Waals surface area contributed by atoms with Crippen LogP contribution in [0.1, 0.15) is 11.1 Å². The molecule has 5 nitrogen and oxygen atoms in total. The molecule has 0 heterocycles. The molecule has 16 heavy (non-hydrogen) atoms. The summed E-state index contributed by atoms with van der Waals surface area (Å²) in [5.74, 6) is 3.93. The molecule has 0 spiro atoms. The SMILES string of the molecule is COC(=O)Cc1ccc(CC(=O)ON)cc1. The molecular weight excluding hydrogens is 210 g/mol. The van der Waals surface area contributed by atoms with Gasteiger partial charge in [-0.2, -0.15) is 5.90 Å². The van der Waals surface area contributed by atoms with Crippen molar-refractivity contribution in [2.45, 2.75) is 12.8 Å². The van der Waals surface area contributed by atoms with E-state index in [9.17, 15) is 9.59 Å². The van der Waals surface area contributed by atoms with Crippen LogP contribution < -0.4 is 5.90 Å². The Morgan fingerprint density at radius 3 is 1.88 bits per heavy atom. The third-order valence-corrected chi connectivity index (χ3v) is 2.08. The fourth-order valence-electron chi connectivity index (χ4n) is 1.22. The zero-order chi connectivity index (χ0) is 12.0. The van der Waals surface area contributed by atoms with E-state index in [0.29, 0.717) is 0 Å². The lowest BCUT2D eigenvalue weighted by Crippen LogP contribution is -2.12. The van der Waals surface area contributed by atoms with Crippen molar-refractivity contribution >= 4 is 11.9 Å². The van der Waals surface area contributed by atoms with E-state index >= 15 is 0 Å². The van der Waals surface area contributed by atoms with Crippen molar-refractivity contribution in [3.63, 3.8) is 0 Å². The molecule has 86 valence electrons. The normalized spacial score (nSPS) is 9.62. The highest BCUT2D eigenvalue weighted by atomic mass is 16.7. The predicted octanol–water partition coefficient (Wildman–Crippen LogP) is 0.361. The molecule has 5 heteroatoms. The number of methoxy groups -OCH3 is 1. The Hall–Kier alpha value is -1.88. The van der Waals surface area contributed by atoms with Gasteiger partial charge in [-0.05, 0) is 11.1 Å². The molecule has 0 saturated heterocycles. The fraction of sp³-hybridized carbons (Fsp3) is 0.273. The molecule has 1 aromatic carbocycles. The van der Waals surface area contributed by atoms with Gasteiger partial charge in [0.05, 0.1) is 20.0 Å². The van der Waals surface area contributed by atoms with E-state index in [-0.39, 0.29) is 18.8 Å². The molecule has 0 saturated carbocycles.